The van der Waals surface area contributed by atoms with Gasteiger partial charge in [-0.1, -0.05) is 36.4 Å². The summed E-state index contributed by atoms with van der Waals surface area (Å²) in [4.78, 5) is 15.0. The van der Waals surface area contributed by atoms with Crippen LogP contribution in [0.4, 0.5) is 0 Å². The second kappa shape index (κ2) is 6.19. The van der Waals surface area contributed by atoms with Crippen molar-refractivity contribution >= 4 is 27.6 Å². The summed E-state index contributed by atoms with van der Waals surface area (Å²) in [5, 5.41) is 3.19. The highest BCUT2D eigenvalue weighted by atomic mass is 16.3. The van der Waals surface area contributed by atoms with E-state index in [-0.39, 0.29) is 11.9 Å². The van der Waals surface area contributed by atoms with Gasteiger partial charge in [-0.2, -0.15) is 0 Å². The fourth-order valence-electron chi connectivity index (χ4n) is 3.92. The van der Waals surface area contributed by atoms with E-state index < -0.39 is 0 Å². The first-order chi connectivity index (χ1) is 12.1. The Bertz CT molecular complexity index is 942. The van der Waals surface area contributed by atoms with Crippen molar-refractivity contribution in [3.05, 3.63) is 47.7 Å². The van der Waals surface area contributed by atoms with Gasteiger partial charge in [0.15, 0.2) is 5.76 Å². The number of rotatable bonds is 2. The summed E-state index contributed by atoms with van der Waals surface area (Å²) in [5.74, 6) is 0.822. The Labute approximate surface area is 147 Å². The zero-order valence-electron chi connectivity index (χ0n) is 14.8. The number of furan rings is 1. The average Bonchev–Trinajstić information content (AvgIpc) is 2.98. The number of fused-ring (bicyclic) bond motifs is 3. The maximum absolute atomic E-state index is 13.1. The molecule has 1 saturated heterocycles. The van der Waals surface area contributed by atoms with Gasteiger partial charge in [0.2, 0.25) is 0 Å². The molecule has 130 valence electrons. The quantitative estimate of drug-likeness (QED) is 0.766. The molecule has 25 heavy (non-hydrogen) atoms. The molecule has 2 atom stereocenters. The lowest BCUT2D eigenvalue weighted by Crippen LogP contribution is -2.45. The van der Waals surface area contributed by atoms with Crippen LogP contribution in [0.3, 0.4) is 0 Å². The summed E-state index contributed by atoms with van der Waals surface area (Å²) in [6.45, 7) is 5.49. The summed E-state index contributed by atoms with van der Waals surface area (Å²) < 4.78 is 6.10. The van der Waals surface area contributed by atoms with Crippen molar-refractivity contribution in [1.29, 1.82) is 0 Å². The fourth-order valence-corrected chi connectivity index (χ4v) is 3.92. The number of benzene rings is 2. The lowest BCUT2D eigenvalue weighted by molar-refractivity contribution is 0.0630. The summed E-state index contributed by atoms with van der Waals surface area (Å²) >= 11 is 0. The lowest BCUT2D eigenvalue weighted by atomic mass is 9.92. The molecule has 0 bridgehead atoms. The molecule has 4 heteroatoms. The van der Waals surface area contributed by atoms with Crippen LogP contribution in [-0.2, 0) is 0 Å². The fraction of sp³-hybridized carbons (Fsp3) is 0.381. The van der Waals surface area contributed by atoms with Crippen molar-refractivity contribution < 1.29 is 9.21 Å². The summed E-state index contributed by atoms with van der Waals surface area (Å²) in [7, 11) is 0. The third kappa shape index (κ3) is 2.71. The molecule has 1 aliphatic heterocycles. The van der Waals surface area contributed by atoms with Crippen molar-refractivity contribution in [1.82, 2.24) is 4.90 Å². The van der Waals surface area contributed by atoms with E-state index in [1.165, 1.54) is 0 Å². The highest BCUT2D eigenvalue weighted by Gasteiger charge is 2.29. The van der Waals surface area contributed by atoms with Crippen LogP contribution >= 0.6 is 0 Å². The highest BCUT2D eigenvalue weighted by Crippen LogP contribution is 2.33. The molecule has 4 rings (SSSR count). The van der Waals surface area contributed by atoms with Gasteiger partial charge in [0.05, 0.1) is 0 Å². The first-order valence-corrected chi connectivity index (χ1v) is 9.02. The predicted octanol–water partition coefficient (Wildman–Crippen LogP) is 4.09. The van der Waals surface area contributed by atoms with Gasteiger partial charge in [-0.15, -0.1) is 0 Å². The van der Waals surface area contributed by atoms with Crippen LogP contribution in [0.1, 0.15) is 35.9 Å². The van der Waals surface area contributed by atoms with Crippen LogP contribution in [0.25, 0.3) is 21.7 Å². The molecule has 1 aromatic heterocycles. The van der Waals surface area contributed by atoms with Crippen LogP contribution in [0.2, 0.25) is 0 Å². The van der Waals surface area contributed by atoms with Crippen LogP contribution < -0.4 is 5.73 Å². The van der Waals surface area contributed by atoms with Crippen molar-refractivity contribution in [3.63, 3.8) is 0 Å². The Balaban J connectivity index is 1.75. The van der Waals surface area contributed by atoms with E-state index in [0.717, 1.165) is 46.7 Å². The zero-order chi connectivity index (χ0) is 17.6. The van der Waals surface area contributed by atoms with Crippen LogP contribution in [0.5, 0.6) is 0 Å². The van der Waals surface area contributed by atoms with Crippen molar-refractivity contribution in [2.24, 2.45) is 11.7 Å². The molecule has 0 saturated carbocycles. The molecule has 1 amide bonds. The molecule has 1 aliphatic rings. The Morgan fingerprint density at radius 1 is 1.24 bits per heavy atom. The van der Waals surface area contributed by atoms with E-state index in [0.29, 0.717) is 18.2 Å². The molecule has 2 heterocycles. The molecular weight excluding hydrogens is 312 g/mol. The molecule has 4 nitrogen and oxygen atoms in total. The van der Waals surface area contributed by atoms with Gasteiger partial charge >= 0.3 is 0 Å². The van der Waals surface area contributed by atoms with Gasteiger partial charge in [0.25, 0.3) is 5.91 Å². The predicted molar refractivity (Wildman–Crippen MR) is 101 cm³/mol. The van der Waals surface area contributed by atoms with E-state index in [1.54, 1.807) is 0 Å². The van der Waals surface area contributed by atoms with E-state index in [1.807, 2.05) is 43.0 Å². The minimum atomic E-state index is -0.0110. The summed E-state index contributed by atoms with van der Waals surface area (Å²) in [6, 6.07) is 12.4. The Kier molecular flexibility index (Phi) is 4.00. The molecule has 2 aromatic carbocycles. The molecule has 0 spiro atoms. The van der Waals surface area contributed by atoms with Crippen LogP contribution in [0, 0.1) is 12.8 Å². The number of carbonyl (C=O) groups excluding carboxylic acids is 1. The monoisotopic (exact) mass is 336 g/mol. The summed E-state index contributed by atoms with van der Waals surface area (Å²) in [6.07, 6.45) is 2.09. The molecule has 0 radical (unpaired) electrons. The minimum Gasteiger partial charge on any atom is -0.450 e. The van der Waals surface area contributed by atoms with Crippen LogP contribution in [0.15, 0.2) is 40.8 Å². The molecule has 3 aromatic rings. The second-order valence-corrected chi connectivity index (χ2v) is 7.23. The maximum Gasteiger partial charge on any atom is 0.289 e. The van der Waals surface area contributed by atoms with Gasteiger partial charge < -0.3 is 15.1 Å². The minimum absolute atomic E-state index is 0.0110. The number of carbonyl (C=O) groups is 1. The number of piperidine rings is 1. The lowest BCUT2D eigenvalue weighted by Gasteiger charge is -2.34. The zero-order valence-corrected chi connectivity index (χ0v) is 14.8. The SMILES string of the molecule is Cc1c(C(=O)N2CCCC(C(C)N)C2)oc2c1ccc1ccccc12. The molecular formula is C21H24N2O2. The normalized spacial score (nSPS) is 19.5. The van der Waals surface area contributed by atoms with E-state index >= 15 is 0 Å². The van der Waals surface area contributed by atoms with Crippen molar-refractivity contribution in [2.75, 3.05) is 13.1 Å². The van der Waals surface area contributed by atoms with Crippen molar-refractivity contribution in [2.45, 2.75) is 32.7 Å². The van der Waals surface area contributed by atoms with Gasteiger partial charge in [-0.05, 0) is 38.0 Å². The molecule has 1 fully saturated rings. The largest absolute Gasteiger partial charge is 0.450 e. The van der Waals surface area contributed by atoms with E-state index in [4.69, 9.17) is 10.2 Å². The van der Waals surface area contributed by atoms with E-state index in [9.17, 15) is 4.79 Å². The standard InChI is InChI=1S/C21H24N2O2/c1-13-17-10-9-15-6-3-4-8-18(15)20(17)25-19(13)21(24)23-11-5-7-16(12-23)14(2)22/h3-4,6,8-10,14,16H,5,7,11-12,22H2,1-2H3. The molecule has 2 unspecified atom stereocenters. The molecule has 0 aliphatic carbocycles. The van der Waals surface area contributed by atoms with Gasteiger partial charge in [0, 0.05) is 35.5 Å². The Morgan fingerprint density at radius 2 is 2.04 bits per heavy atom. The second-order valence-electron chi connectivity index (χ2n) is 7.23. The topological polar surface area (TPSA) is 59.5 Å². The highest BCUT2D eigenvalue weighted by molar-refractivity contribution is 6.08. The third-order valence-corrected chi connectivity index (χ3v) is 5.51. The smallest absolute Gasteiger partial charge is 0.289 e. The number of aryl methyl sites for hydroxylation is 1. The average molecular weight is 336 g/mol. The third-order valence-electron chi connectivity index (χ3n) is 5.51. The van der Waals surface area contributed by atoms with Crippen molar-refractivity contribution in [3.8, 4) is 0 Å². The Hall–Kier alpha value is -2.33. The number of hydrogen-bond donors (Lipinski definition) is 1. The number of amides is 1. The Morgan fingerprint density at radius 3 is 2.84 bits per heavy atom. The van der Waals surface area contributed by atoms with Gasteiger partial charge in [0.1, 0.15) is 5.58 Å². The number of nitrogens with two attached hydrogens (primary N) is 1. The first kappa shape index (κ1) is 16.2. The molecule has 2 N–H and O–H groups in total. The first-order valence-electron chi connectivity index (χ1n) is 9.02. The van der Waals surface area contributed by atoms with E-state index in [2.05, 4.69) is 12.1 Å². The number of likely N-dealkylation sites (tertiary alicyclic amines) is 1. The van der Waals surface area contributed by atoms with Crippen LogP contribution in [-0.4, -0.2) is 29.9 Å². The number of hydrogen-bond acceptors (Lipinski definition) is 3. The van der Waals surface area contributed by atoms with Gasteiger partial charge in [-0.3, -0.25) is 4.79 Å². The maximum atomic E-state index is 13.1. The van der Waals surface area contributed by atoms with Gasteiger partial charge in [-0.25, -0.2) is 0 Å². The number of nitrogens with zero attached hydrogens (tertiary/aromatic N) is 1. The summed E-state index contributed by atoms with van der Waals surface area (Å²) in [5.41, 5.74) is 7.79.